The van der Waals surface area contributed by atoms with Crippen molar-refractivity contribution in [2.24, 2.45) is 4.99 Å². The van der Waals surface area contributed by atoms with Crippen molar-refractivity contribution in [1.82, 2.24) is 19.8 Å². The maximum atomic E-state index is 6.66. The number of rotatable bonds is 6. The Balaban J connectivity index is 0.950. The Morgan fingerprint density at radius 1 is 0.413 bits per heavy atom. The van der Waals surface area contributed by atoms with Crippen LogP contribution in [-0.2, 0) is 0 Å². The van der Waals surface area contributed by atoms with Gasteiger partial charge in [0.15, 0.2) is 0 Å². The summed E-state index contributed by atoms with van der Waals surface area (Å²) >= 11 is 0. The fourth-order valence-electron chi connectivity index (χ4n) is 9.87. The fourth-order valence-corrected chi connectivity index (χ4v) is 9.87. The first kappa shape index (κ1) is 35.6. The van der Waals surface area contributed by atoms with Crippen molar-refractivity contribution < 1.29 is 4.42 Å². The van der Waals surface area contributed by atoms with Gasteiger partial charge in [-0.2, -0.15) is 0 Å². The van der Waals surface area contributed by atoms with Crippen molar-refractivity contribution in [2.45, 2.75) is 12.3 Å². The topological polar surface area (TPSA) is 59.4 Å². The molecule has 4 heterocycles. The Morgan fingerprint density at radius 3 is 1.76 bits per heavy atom. The van der Waals surface area contributed by atoms with Crippen LogP contribution in [0.2, 0.25) is 0 Å². The molecule has 0 bridgehead atoms. The Hall–Kier alpha value is -8.19. The average molecular weight is 810 g/mol. The van der Waals surface area contributed by atoms with Gasteiger partial charge in [-0.25, -0.2) is 4.99 Å². The minimum Gasteiger partial charge on any atom is -0.456 e. The molecule has 6 nitrogen and oxygen atoms in total. The first-order chi connectivity index (χ1) is 31.2. The molecule has 0 saturated heterocycles. The molecule has 0 amide bonds. The summed E-state index contributed by atoms with van der Waals surface area (Å²) in [5.41, 5.74) is 14.2. The quantitative estimate of drug-likeness (QED) is 0.176. The van der Waals surface area contributed by atoms with E-state index in [4.69, 9.17) is 9.41 Å². The summed E-state index contributed by atoms with van der Waals surface area (Å²) in [6.45, 7) is 0. The molecule has 12 aromatic rings. The zero-order chi connectivity index (χ0) is 41.4. The van der Waals surface area contributed by atoms with Crippen LogP contribution in [0.5, 0.6) is 0 Å². The number of benzene rings is 9. The molecular weight excluding hydrogens is 771 g/mol. The summed E-state index contributed by atoms with van der Waals surface area (Å²) in [6.07, 6.45) is -0.360. The molecule has 0 spiro atoms. The lowest BCUT2D eigenvalue weighted by atomic mass is 10.00. The molecule has 0 aliphatic carbocycles. The summed E-state index contributed by atoms with van der Waals surface area (Å²) in [5, 5.41) is 14.5. The predicted octanol–water partition coefficient (Wildman–Crippen LogP) is 13.8. The molecule has 0 fully saturated rings. The third-order valence-corrected chi connectivity index (χ3v) is 12.8. The van der Waals surface area contributed by atoms with Crippen LogP contribution >= 0.6 is 0 Å². The molecular formula is C57H39N5O. The SMILES string of the molecule is c1ccc(C2=NC(c3ccc(-n4c5ccccc5c5ccc6oc7ccc(-c8ccc9c(c8)c8ccccc8n9-c8ccccc8)cc7c6c54)cc3)NC(c3ccccc3)N2)cc1. The molecule has 13 rings (SSSR count). The zero-order valence-electron chi connectivity index (χ0n) is 34.1. The van der Waals surface area contributed by atoms with Crippen LogP contribution in [0.1, 0.15) is 29.0 Å². The van der Waals surface area contributed by atoms with Crippen molar-refractivity contribution >= 4 is 71.4 Å². The number of hydrogen-bond donors (Lipinski definition) is 2. The predicted molar refractivity (Wildman–Crippen MR) is 259 cm³/mol. The Kier molecular flexibility index (Phi) is 8.01. The molecule has 9 aromatic carbocycles. The lowest BCUT2D eigenvalue weighted by Gasteiger charge is -2.32. The molecule has 0 radical (unpaired) electrons. The number of hydrogen-bond acceptors (Lipinski definition) is 4. The minimum atomic E-state index is -0.254. The van der Waals surface area contributed by atoms with E-state index in [1.807, 2.05) is 6.07 Å². The smallest absolute Gasteiger partial charge is 0.137 e. The monoisotopic (exact) mass is 809 g/mol. The van der Waals surface area contributed by atoms with Crippen LogP contribution in [0.3, 0.4) is 0 Å². The number of para-hydroxylation sites is 3. The van der Waals surface area contributed by atoms with Crippen LogP contribution < -0.4 is 10.6 Å². The van der Waals surface area contributed by atoms with Crippen molar-refractivity contribution in [3.8, 4) is 22.5 Å². The molecule has 2 unspecified atom stereocenters. The van der Waals surface area contributed by atoms with Gasteiger partial charge in [0.1, 0.15) is 29.3 Å². The van der Waals surface area contributed by atoms with Gasteiger partial charge in [-0.05, 0) is 95.1 Å². The first-order valence-corrected chi connectivity index (χ1v) is 21.5. The fraction of sp³-hybridized carbons (Fsp3) is 0.0351. The number of amidine groups is 1. The Morgan fingerprint density at radius 2 is 1.00 bits per heavy atom. The minimum absolute atomic E-state index is 0.106. The van der Waals surface area contributed by atoms with Gasteiger partial charge in [0, 0.05) is 43.9 Å². The highest BCUT2D eigenvalue weighted by molar-refractivity contribution is 6.25. The van der Waals surface area contributed by atoms with Crippen molar-refractivity contribution in [2.75, 3.05) is 0 Å². The number of aliphatic imine (C=N–C) groups is 1. The van der Waals surface area contributed by atoms with Crippen molar-refractivity contribution in [3.63, 3.8) is 0 Å². The second-order valence-corrected chi connectivity index (χ2v) is 16.4. The van der Waals surface area contributed by atoms with Crippen LogP contribution in [0.25, 0.3) is 88.1 Å². The Labute approximate surface area is 363 Å². The number of furan rings is 1. The average Bonchev–Trinajstić information content (AvgIpc) is 4.02. The Bertz CT molecular complexity index is 3730. The molecule has 3 aromatic heterocycles. The number of nitrogens with one attached hydrogen (secondary N) is 2. The third-order valence-electron chi connectivity index (χ3n) is 12.8. The number of fused-ring (bicyclic) bond motifs is 10. The molecule has 2 N–H and O–H groups in total. The van der Waals surface area contributed by atoms with E-state index < -0.39 is 0 Å². The molecule has 298 valence electrons. The molecule has 0 saturated carbocycles. The van der Waals surface area contributed by atoms with E-state index >= 15 is 0 Å². The van der Waals surface area contributed by atoms with E-state index in [2.05, 4.69) is 226 Å². The van der Waals surface area contributed by atoms with Gasteiger partial charge in [-0.3, -0.25) is 5.32 Å². The molecule has 1 aliphatic heterocycles. The van der Waals surface area contributed by atoms with E-state index in [0.717, 1.165) is 78.0 Å². The summed E-state index contributed by atoms with van der Waals surface area (Å²) in [5.74, 6) is 0.868. The number of nitrogens with zero attached hydrogens (tertiary/aromatic N) is 3. The van der Waals surface area contributed by atoms with E-state index in [0.29, 0.717) is 0 Å². The standard InChI is InChI=1S/C57H39N5O/c1-4-14-36(15-5-1)55-58-56(37-16-6-2-7-17-37)60-57(59-55)38-24-28-42(29-25-38)62-49-23-13-10-20-43(49)45-30-33-52-53(54(45)62)47-35-40(27-32-51(47)63-52)39-26-31-50-46(34-39)44-21-11-12-22-48(44)61(50)41-18-8-3-9-19-41/h1-35,55,57,59H,(H,58,60). The lowest BCUT2D eigenvalue weighted by Crippen LogP contribution is -2.44. The molecule has 6 heteroatoms. The normalized spacial score (nSPS) is 15.5. The van der Waals surface area contributed by atoms with Crippen LogP contribution in [0.15, 0.2) is 222 Å². The van der Waals surface area contributed by atoms with Crippen LogP contribution in [0, 0.1) is 0 Å². The van der Waals surface area contributed by atoms with Crippen LogP contribution in [-0.4, -0.2) is 15.0 Å². The maximum Gasteiger partial charge on any atom is 0.137 e. The summed E-state index contributed by atoms with van der Waals surface area (Å²) in [6, 6.07) is 75.6. The first-order valence-electron chi connectivity index (χ1n) is 21.5. The van der Waals surface area contributed by atoms with E-state index in [1.54, 1.807) is 0 Å². The van der Waals surface area contributed by atoms with E-state index in [1.165, 1.54) is 32.6 Å². The van der Waals surface area contributed by atoms with Gasteiger partial charge in [-0.15, -0.1) is 0 Å². The summed E-state index contributed by atoms with van der Waals surface area (Å²) < 4.78 is 11.4. The molecule has 2 atom stereocenters. The molecule has 1 aliphatic rings. The summed E-state index contributed by atoms with van der Waals surface area (Å²) in [7, 11) is 0. The second kappa shape index (κ2) is 14.2. The maximum absolute atomic E-state index is 6.66. The molecule has 63 heavy (non-hydrogen) atoms. The van der Waals surface area contributed by atoms with Crippen LogP contribution in [0.4, 0.5) is 0 Å². The van der Waals surface area contributed by atoms with E-state index in [-0.39, 0.29) is 12.3 Å². The lowest BCUT2D eigenvalue weighted by molar-refractivity contribution is 0.409. The highest BCUT2D eigenvalue weighted by atomic mass is 16.3. The largest absolute Gasteiger partial charge is 0.456 e. The van der Waals surface area contributed by atoms with Gasteiger partial charge in [0.05, 0.1) is 27.5 Å². The highest BCUT2D eigenvalue weighted by Crippen LogP contribution is 2.43. The van der Waals surface area contributed by atoms with Gasteiger partial charge in [0.2, 0.25) is 0 Å². The van der Waals surface area contributed by atoms with Gasteiger partial charge in [-0.1, -0.05) is 140 Å². The van der Waals surface area contributed by atoms with Crippen molar-refractivity contribution in [1.29, 1.82) is 0 Å². The van der Waals surface area contributed by atoms with E-state index in [9.17, 15) is 0 Å². The summed E-state index contributed by atoms with van der Waals surface area (Å²) in [4.78, 5) is 5.21. The van der Waals surface area contributed by atoms with Gasteiger partial charge < -0.3 is 18.9 Å². The zero-order valence-corrected chi connectivity index (χ0v) is 34.1. The third kappa shape index (κ3) is 5.73. The second-order valence-electron chi connectivity index (χ2n) is 16.4. The highest BCUT2D eigenvalue weighted by Gasteiger charge is 2.26. The number of aromatic nitrogens is 2. The van der Waals surface area contributed by atoms with Gasteiger partial charge >= 0.3 is 0 Å². The van der Waals surface area contributed by atoms with Crippen molar-refractivity contribution in [3.05, 3.63) is 229 Å². The van der Waals surface area contributed by atoms with Gasteiger partial charge in [0.25, 0.3) is 0 Å².